The summed E-state index contributed by atoms with van der Waals surface area (Å²) in [6.45, 7) is 2.27. The Bertz CT molecular complexity index is 1130. The molecule has 2 saturated heterocycles. The SMILES string of the molecule is CN1c2ccccc2C23CCNC2C2c4c(c5ccccc5n4C)CCN2C13. The molecular weight excluding hydrogens is 344 g/mol. The van der Waals surface area contributed by atoms with E-state index >= 15 is 0 Å². The van der Waals surface area contributed by atoms with Crippen LogP contribution in [0, 0.1) is 0 Å². The second-order valence-corrected chi connectivity index (χ2v) is 9.10. The van der Waals surface area contributed by atoms with Crippen LogP contribution in [0.15, 0.2) is 48.5 Å². The van der Waals surface area contributed by atoms with E-state index in [1.54, 1.807) is 16.8 Å². The lowest BCUT2D eigenvalue weighted by Crippen LogP contribution is -2.50. The van der Waals surface area contributed by atoms with Gasteiger partial charge in [0.1, 0.15) is 0 Å². The van der Waals surface area contributed by atoms with Crippen molar-refractivity contribution < 1.29 is 0 Å². The van der Waals surface area contributed by atoms with Crippen molar-refractivity contribution in [3.8, 4) is 0 Å². The standard InChI is InChI=1S/C24H26N4/c1-26-18-9-5-3-7-15(18)16-11-14-28-21(20(16)26)22-24(12-13-25-22)17-8-4-6-10-19(17)27(2)23(24)28/h3-10,21-23,25H,11-14H2,1-2H3. The summed E-state index contributed by atoms with van der Waals surface area (Å²) in [5, 5.41) is 5.43. The third kappa shape index (κ3) is 1.52. The first-order chi connectivity index (χ1) is 13.7. The van der Waals surface area contributed by atoms with Crippen LogP contribution >= 0.6 is 0 Å². The lowest BCUT2D eigenvalue weighted by Gasteiger charge is -2.39. The molecule has 1 N–H and O–H groups in total. The van der Waals surface area contributed by atoms with Gasteiger partial charge in [0.2, 0.25) is 0 Å². The van der Waals surface area contributed by atoms with E-state index in [1.165, 1.54) is 23.0 Å². The molecule has 0 bridgehead atoms. The highest BCUT2D eigenvalue weighted by Gasteiger charge is 2.68. The number of para-hydroxylation sites is 2. The first-order valence-electron chi connectivity index (χ1n) is 10.6. The van der Waals surface area contributed by atoms with Crippen LogP contribution in [0.3, 0.4) is 0 Å². The molecule has 0 radical (unpaired) electrons. The number of nitrogens with zero attached hydrogens (tertiary/aromatic N) is 3. The van der Waals surface area contributed by atoms with Crippen molar-refractivity contribution in [3.05, 3.63) is 65.4 Å². The molecule has 1 aromatic heterocycles. The summed E-state index contributed by atoms with van der Waals surface area (Å²) < 4.78 is 2.49. The lowest BCUT2D eigenvalue weighted by atomic mass is 9.74. The average Bonchev–Trinajstić information content (AvgIpc) is 3.42. The highest BCUT2D eigenvalue weighted by Crippen LogP contribution is 2.61. The van der Waals surface area contributed by atoms with Crippen LogP contribution in [0.25, 0.3) is 10.9 Å². The number of rotatable bonds is 0. The van der Waals surface area contributed by atoms with Gasteiger partial charge in [0.25, 0.3) is 0 Å². The van der Waals surface area contributed by atoms with Gasteiger partial charge < -0.3 is 14.8 Å². The summed E-state index contributed by atoms with van der Waals surface area (Å²) in [6, 6.07) is 19.0. The summed E-state index contributed by atoms with van der Waals surface area (Å²) in [5.41, 5.74) is 7.71. The molecule has 142 valence electrons. The third-order valence-electron chi connectivity index (χ3n) is 8.22. The maximum absolute atomic E-state index is 3.97. The number of likely N-dealkylation sites (N-methyl/N-ethyl adjacent to an activating group) is 1. The van der Waals surface area contributed by atoms with Gasteiger partial charge in [-0.15, -0.1) is 0 Å². The second kappa shape index (κ2) is 5.00. The summed E-state index contributed by atoms with van der Waals surface area (Å²) in [5.74, 6) is 0. The van der Waals surface area contributed by atoms with Gasteiger partial charge in [-0.3, -0.25) is 4.90 Å². The van der Waals surface area contributed by atoms with Crippen molar-refractivity contribution in [2.24, 2.45) is 7.05 Å². The van der Waals surface area contributed by atoms with Gasteiger partial charge in [-0.05, 0) is 42.6 Å². The van der Waals surface area contributed by atoms with Crippen molar-refractivity contribution in [2.75, 3.05) is 25.0 Å². The van der Waals surface area contributed by atoms with Crippen LogP contribution in [0.1, 0.15) is 29.3 Å². The van der Waals surface area contributed by atoms with Crippen LogP contribution in [-0.4, -0.2) is 41.8 Å². The number of nitrogens with one attached hydrogen (secondary N) is 1. The number of anilines is 1. The van der Waals surface area contributed by atoms with Crippen molar-refractivity contribution in [1.29, 1.82) is 0 Å². The normalized spacial score (nSPS) is 32.9. The van der Waals surface area contributed by atoms with Crippen LogP contribution < -0.4 is 10.2 Å². The monoisotopic (exact) mass is 370 g/mol. The second-order valence-electron chi connectivity index (χ2n) is 9.10. The van der Waals surface area contributed by atoms with E-state index in [-0.39, 0.29) is 5.41 Å². The fourth-order valence-corrected chi connectivity index (χ4v) is 7.36. The molecule has 5 heterocycles. The van der Waals surface area contributed by atoms with E-state index in [1.807, 2.05) is 0 Å². The number of aromatic nitrogens is 1. The molecule has 0 saturated carbocycles. The fourth-order valence-electron chi connectivity index (χ4n) is 7.36. The van der Waals surface area contributed by atoms with Crippen LogP contribution in [0.5, 0.6) is 0 Å². The Morgan fingerprint density at radius 1 is 1.04 bits per heavy atom. The smallest absolute Gasteiger partial charge is 0.0939 e. The molecular formula is C24H26N4. The maximum Gasteiger partial charge on any atom is 0.0939 e. The van der Waals surface area contributed by atoms with Crippen molar-refractivity contribution >= 4 is 16.6 Å². The minimum absolute atomic E-state index is 0.202. The molecule has 4 nitrogen and oxygen atoms in total. The van der Waals surface area contributed by atoms with E-state index < -0.39 is 0 Å². The topological polar surface area (TPSA) is 23.4 Å². The summed E-state index contributed by atoms with van der Waals surface area (Å²) in [4.78, 5) is 5.39. The summed E-state index contributed by atoms with van der Waals surface area (Å²) in [7, 11) is 4.59. The molecule has 7 rings (SSSR count). The number of fused-ring (bicyclic) bond motifs is 8. The van der Waals surface area contributed by atoms with Gasteiger partial charge in [0.15, 0.2) is 0 Å². The molecule has 4 aliphatic rings. The van der Waals surface area contributed by atoms with Gasteiger partial charge >= 0.3 is 0 Å². The van der Waals surface area contributed by atoms with Crippen molar-refractivity contribution in [3.63, 3.8) is 0 Å². The number of hydrogen-bond donors (Lipinski definition) is 1. The molecule has 0 aliphatic carbocycles. The van der Waals surface area contributed by atoms with Crippen LogP contribution in [-0.2, 0) is 18.9 Å². The van der Waals surface area contributed by atoms with Crippen molar-refractivity contribution in [1.82, 2.24) is 14.8 Å². The highest BCUT2D eigenvalue weighted by atomic mass is 15.5. The zero-order valence-electron chi connectivity index (χ0n) is 16.5. The van der Waals surface area contributed by atoms with E-state index in [2.05, 4.69) is 82.3 Å². The Hall–Kier alpha value is -2.30. The Kier molecular flexibility index (Phi) is 2.78. The Labute approximate surface area is 165 Å². The van der Waals surface area contributed by atoms with E-state index in [4.69, 9.17) is 0 Å². The van der Waals surface area contributed by atoms with Gasteiger partial charge in [0, 0.05) is 54.4 Å². The average molecular weight is 371 g/mol. The zero-order valence-corrected chi connectivity index (χ0v) is 16.5. The molecule has 4 aliphatic heterocycles. The summed E-state index contributed by atoms with van der Waals surface area (Å²) >= 11 is 0. The van der Waals surface area contributed by atoms with Gasteiger partial charge in [0.05, 0.1) is 12.2 Å². The first kappa shape index (κ1) is 15.6. The van der Waals surface area contributed by atoms with Gasteiger partial charge in [-0.2, -0.15) is 0 Å². The molecule has 28 heavy (non-hydrogen) atoms. The molecule has 1 spiro atoms. The summed E-state index contributed by atoms with van der Waals surface area (Å²) in [6.07, 6.45) is 2.84. The predicted molar refractivity (Wildman–Crippen MR) is 113 cm³/mol. The zero-order chi connectivity index (χ0) is 18.6. The van der Waals surface area contributed by atoms with Gasteiger partial charge in [-0.1, -0.05) is 36.4 Å². The van der Waals surface area contributed by atoms with Gasteiger partial charge in [-0.25, -0.2) is 0 Å². The number of benzene rings is 2. The Morgan fingerprint density at radius 2 is 1.86 bits per heavy atom. The largest absolute Gasteiger partial charge is 0.358 e. The van der Waals surface area contributed by atoms with E-state index in [0.29, 0.717) is 18.2 Å². The lowest BCUT2D eigenvalue weighted by molar-refractivity contribution is 0.155. The molecule has 2 aromatic carbocycles. The Balaban J connectivity index is 1.50. The van der Waals surface area contributed by atoms with E-state index in [0.717, 1.165) is 19.5 Å². The quantitative estimate of drug-likeness (QED) is 0.658. The first-order valence-corrected chi connectivity index (χ1v) is 10.6. The van der Waals surface area contributed by atoms with Crippen LogP contribution in [0.4, 0.5) is 5.69 Å². The Morgan fingerprint density at radius 3 is 2.79 bits per heavy atom. The minimum Gasteiger partial charge on any atom is -0.358 e. The fraction of sp³-hybridized carbons (Fsp3) is 0.417. The molecule has 4 heteroatoms. The van der Waals surface area contributed by atoms with E-state index in [9.17, 15) is 0 Å². The molecule has 2 fully saturated rings. The number of hydrogen-bond acceptors (Lipinski definition) is 3. The molecule has 0 amide bonds. The molecule has 4 unspecified atom stereocenters. The third-order valence-corrected chi connectivity index (χ3v) is 8.22. The van der Waals surface area contributed by atoms with Crippen molar-refractivity contribution in [2.45, 2.75) is 36.5 Å². The predicted octanol–water partition coefficient (Wildman–Crippen LogP) is 3.17. The molecule has 3 aromatic rings. The number of aryl methyl sites for hydroxylation is 1. The highest BCUT2D eigenvalue weighted by molar-refractivity contribution is 5.86. The maximum atomic E-state index is 3.97. The molecule has 4 atom stereocenters. The van der Waals surface area contributed by atoms with Crippen LogP contribution in [0.2, 0.25) is 0 Å². The minimum atomic E-state index is 0.202.